The van der Waals surface area contributed by atoms with E-state index in [9.17, 15) is 8.77 Å². The van der Waals surface area contributed by atoms with Gasteiger partial charge in [0.05, 0.1) is 0 Å². The zero-order valence-corrected chi connectivity index (χ0v) is 9.19. The van der Waals surface area contributed by atoms with Crippen LogP contribution in [0, 0.1) is 0 Å². The van der Waals surface area contributed by atoms with Crippen LogP contribution in [0.25, 0.3) is 0 Å². The largest absolute Gasteiger partial charge is 0.344 e. The molecule has 0 spiro atoms. The van der Waals surface area contributed by atoms with Gasteiger partial charge in [-0.1, -0.05) is 13.8 Å². The van der Waals surface area contributed by atoms with E-state index in [1.807, 2.05) is 0 Å². The summed E-state index contributed by atoms with van der Waals surface area (Å²) in [6, 6.07) is 0. The average Bonchev–Trinajstić information content (AvgIpc) is 1.87. The van der Waals surface area contributed by atoms with Crippen LogP contribution in [0.5, 0.6) is 0 Å². The van der Waals surface area contributed by atoms with Gasteiger partial charge in [-0.25, -0.2) is 0 Å². The molecule has 0 amide bonds. The van der Waals surface area contributed by atoms with Crippen LogP contribution in [0.3, 0.4) is 0 Å². The van der Waals surface area contributed by atoms with Gasteiger partial charge in [0, 0.05) is 17.1 Å². The van der Waals surface area contributed by atoms with E-state index in [0.717, 1.165) is 0 Å². The lowest BCUT2D eigenvalue weighted by Gasteiger charge is -2.29. The Labute approximate surface area is 75.0 Å². The summed E-state index contributed by atoms with van der Waals surface area (Å²) in [6.07, 6.45) is 1.81. The van der Waals surface area contributed by atoms with Crippen molar-refractivity contribution in [1.82, 2.24) is 0 Å². The molecule has 0 saturated carbocycles. The van der Waals surface area contributed by atoms with Crippen LogP contribution in [0.15, 0.2) is 0 Å². The van der Waals surface area contributed by atoms with E-state index in [4.69, 9.17) is 9.79 Å². The second kappa shape index (κ2) is 4.01. The predicted molar refractivity (Wildman–Crippen MR) is 49.4 cm³/mol. The Bertz CT molecular complexity index is 218. The number of rotatable bonds is 4. The second-order valence-electron chi connectivity index (χ2n) is 2.65. The Hall–Kier alpha value is 0.300. The van der Waals surface area contributed by atoms with Crippen LogP contribution in [0.2, 0.25) is 0 Å². The molecule has 0 aromatic rings. The fourth-order valence-corrected chi connectivity index (χ4v) is 4.21. The van der Waals surface area contributed by atoms with E-state index in [-0.39, 0.29) is 12.8 Å². The standard InChI is InChI=1S/C6H15O4PS/c1-4-6(5-2,12(3)10)11(7,8)9/h4-5H2,1-3H3,(H2,7,8,9). The maximum Gasteiger partial charge on any atom is 0.344 e. The molecule has 0 aliphatic heterocycles. The molecule has 0 saturated heterocycles. The van der Waals surface area contributed by atoms with Crippen LogP contribution in [0.4, 0.5) is 0 Å². The Morgan fingerprint density at radius 1 is 1.33 bits per heavy atom. The van der Waals surface area contributed by atoms with Gasteiger partial charge in [0.25, 0.3) is 0 Å². The molecule has 0 aromatic carbocycles. The number of hydrogen-bond donors (Lipinski definition) is 2. The van der Waals surface area contributed by atoms with Gasteiger partial charge in [-0.15, -0.1) is 0 Å². The van der Waals surface area contributed by atoms with E-state index in [0.29, 0.717) is 0 Å². The molecule has 0 aliphatic carbocycles. The van der Waals surface area contributed by atoms with E-state index in [2.05, 4.69) is 0 Å². The van der Waals surface area contributed by atoms with Gasteiger partial charge < -0.3 is 9.79 Å². The highest BCUT2D eigenvalue weighted by Gasteiger charge is 2.47. The average molecular weight is 214 g/mol. The maximum atomic E-state index is 11.2. The molecular weight excluding hydrogens is 199 g/mol. The highest BCUT2D eigenvalue weighted by molar-refractivity contribution is 7.93. The summed E-state index contributed by atoms with van der Waals surface area (Å²) in [5, 5.41) is 0. The minimum Gasteiger partial charge on any atom is -0.323 e. The molecule has 4 nitrogen and oxygen atoms in total. The van der Waals surface area contributed by atoms with Gasteiger partial charge in [0.1, 0.15) is 4.49 Å². The van der Waals surface area contributed by atoms with E-state index >= 15 is 0 Å². The summed E-state index contributed by atoms with van der Waals surface area (Å²) in [4.78, 5) is 18.0. The van der Waals surface area contributed by atoms with Crippen molar-refractivity contribution in [2.75, 3.05) is 6.26 Å². The molecule has 6 heteroatoms. The summed E-state index contributed by atoms with van der Waals surface area (Å²) in [5.41, 5.74) is 0. The van der Waals surface area contributed by atoms with Gasteiger partial charge in [-0.3, -0.25) is 8.77 Å². The van der Waals surface area contributed by atoms with Crippen molar-refractivity contribution in [3.05, 3.63) is 0 Å². The van der Waals surface area contributed by atoms with Crippen LogP contribution < -0.4 is 0 Å². The third-order valence-electron chi connectivity index (χ3n) is 2.17. The topological polar surface area (TPSA) is 74.6 Å². The van der Waals surface area contributed by atoms with Crippen molar-refractivity contribution >= 4 is 18.4 Å². The third kappa shape index (κ3) is 1.96. The Balaban J connectivity index is 5.12. The van der Waals surface area contributed by atoms with Crippen molar-refractivity contribution in [2.45, 2.75) is 31.2 Å². The summed E-state index contributed by atoms with van der Waals surface area (Å²) >= 11 is 0. The predicted octanol–water partition coefficient (Wildman–Crippen LogP) is 1.06. The lowest BCUT2D eigenvalue weighted by molar-refractivity contribution is 0.344. The zero-order chi connectivity index (χ0) is 9.99. The lowest BCUT2D eigenvalue weighted by atomic mass is 10.2. The first kappa shape index (κ1) is 12.3. The molecule has 0 aromatic heterocycles. The van der Waals surface area contributed by atoms with Crippen LogP contribution in [-0.4, -0.2) is 24.7 Å². The Kier molecular flexibility index (Phi) is 4.11. The van der Waals surface area contributed by atoms with Gasteiger partial charge in [0.15, 0.2) is 0 Å². The van der Waals surface area contributed by atoms with Crippen molar-refractivity contribution in [1.29, 1.82) is 0 Å². The Morgan fingerprint density at radius 2 is 1.67 bits per heavy atom. The maximum absolute atomic E-state index is 11.2. The van der Waals surface area contributed by atoms with Crippen molar-refractivity contribution in [3.8, 4) is 0 Å². The first-order valence-corrected chi connectivity index (χ1v) is 6.88. The molecule has 1 atom stereocenters. The smallest absolute Gasteiger partial charge is 0.323 e. The van der Waals surface area contributed by atoms with Crippen LogP contribution in [0.1, 0.15) is 26.7 Å². The first-order chi connectivity index (χ1) is 5.31. The Morgan fingerprint density at radius 3 is 1.67 bits per heavy atom. The van der Waals surface area contributed by atoms with E-state index < -0.39 is 22.9 Å². The summed E-state index contributed by atoms with van der Waals surface area (Å²) in [7, 11) is -5.76. The molecule has 12 heavy (non-hydrogen) atoms. The van der Waals surface area contributed by atoms with E-state index in [1.165, 1.54) is 6.26 Å². The molecular formula is C6H15O4PS. The SMILES string of the molecule is CCC(CC)(S(C)=O)P(=O)(O)O. The molecule has 1 unspecified atom stereocenters. The third-order valence-corrected chi connectivity index (χ3v) is 7.00. The summed E-state index contributed by atoms with van der Waals surface area (Å²) < 4.78 is 20.9. The number of hydrogen-bond acceptors (Lipinski definition) is 2. The minimum atomic E-state index is -4.26. The van der Waals surface area contributed by atoms with Crippen LogP contribution in [-0.2, 0) is 15.4 Å². The van der Waals surface area contributed by atoms with Crippen LogP contribution >= 0.6 is 7.60 Å². The molecule has 0 rings (SSSR count). The molecule has 0 heterocycles. The molecule has 2 N–H and O–H groups in total. The fraction of sp³-hybridized carbons (Fsp3) is 1.00. The second-order valence-corrected chi connectivity index (χ2v) is 6.59. The highest BCUT2D eigenvalue weighted by Crippen LogP contribution is 2.55. The fourth-order valence-electron chi connectivity index (χ4n) is 1.24. The zero-order valence-electron chi connectivity index (χ0n) is 7.48. The van der Waals surface area contributed by atoms with Gasteiger partial charge >= 0.3 is 7.60 Å². The summed E-state index contributed by atoms with van der Waals surface area (Å²) in [5.74, 6) is 0. The van der Waals surface area contributed by atoms with Gasteiger partial charge in [0.2, 0.25) is 0 Å². The van der Waals surface area contributed by atoms with Gasteiger partial charge in [-0.05, 0) is 12.8 Å². The monoisotopic (exact) mass is 214 g/mol. The van der Waals surface area contributed by atoms with Crippen molar-refractivity contribution in [2.24, 2.45) is 0 Å². The molecule has 0 bridgehead atoms. The quantitative estimate of drug-likeness (QED) is 0.686. The normalized spacial score (nSPS) is 16.1. The van der Waals surface area contributed by atoms with Crippen molar-refractivity contribution in [3.63, 3.8) is 0 Å². The van der Waals surface area contributed by atoms with E-state index in [1.54, 1.807) is 13.8 Å². The summed E-state index contributed by atoms with van der Waals surface area (Å²) in [6.45, 7) is 3.29. The molecule has 0 radical (unpaired) electrons. The molecule has 0 fully saturated rings. The van der Waals surface area contributed by atoms with Gasteiger partial charge in [-0.2, -0.15) is 0 Å². The minimum absolute atomic E-state index is 0.233. The molecule has 0 aliphatic rings. The molecule has 74 valence electrons. The lowest BCUT2D eigenvalue weighted by Crippen LogP contribution is -2.32. The first-order valence-electron chi connectivity index (χ1n) is 3.71. The van der Waals surface area contributed by atoms with Crippen molar-refractivity contribution < 1.29 is 18.6 Å². The highest BCUT2D eigenvalue weighted by atomic mass is 32.2.